The van der Waals surface area contributed by atoms with E-state index in [9.17, 15) is 9.59 Å². The third kappa shape index (κ3) is 11.8. The highest BCUT2D eigenvalue weighted by molar-refractivity contribution is 6.11. The van der Waals surface area contributed by atoms with Gasteiger partial charge in [0.1, 0.15) is 22.6 Å². The maximum atomic E-state index is 15.2. The average Bonchev–Trinajstić information content (AvgIpc) is 3.57. The molecule has 1 atom stereocenters. The number of halogens is 6. The molecule has 2 heterocycles. The van der Waals surface area contributed by atoms with E-state index in [4.69, 9.17) is 23.4 Å². The second kappa shape index (κ2) is 18.3. The number of imide groups is 1. The van der Waals surface area contributed by atoms with Gasteiger partial charge in [0, 0.05) is 20.2 Å². The van der Waals surface area contributed by atoms with E-state index in [1.165, 1.54) is 77.8 Å². The fourth-order valence-corrected chi connectivity index (χ4v) is 5.08. The Hall–Kier alpha value is -4.97. The Morgan fingerprint density at radius 3 is 1.95 bits per heavy atom. The first kappa shape index (κ1) is 45.4. The highest BCUT2D eigenvalue weighted by atomic mass is 19.4. The first-order valence-electron chi connectivity index (χ1n) is 17.4. The number of carbonyl (C=O) groups excluding carboxylic acids is 2. The molecule has 0 radical (unpaired) electrons. The molecule has 2 amide bonds. The summed E-state index contributed by atoms with van der Waals surface area (Å²) < 4.78 is 118. The minimum Gasteiger partial charge on any atom is -0.443 e. The van der Waals surface area contributed by atoms with Gasteiger partial charge >= 0.3 is 24.5 Å². The number of methoxy groups -OCH3 is 1. The van der Waals surface area contributed by atoms with Crippen LogP contribution in [0.25, 0.3) is 11.6 Å². The van der Waals surface area contributed by atoms with E-state index in [1.807, 2.05) is 0 Å². The van der Waals surface area contributed by atoms with Gasteiger partial charge in [-0.25, -0.2) is 14.6 Å². The van der Waals surface area contributed by atoms with Gasteiger partial charge in [0.25, 0.3) is 11.8 Å². The number of carbonyl (C=O) groups is 2. The molecule has 2 aromatic heterocycles. The summed E-state index contributed by atoms with van der Waals surface area (Å²) in [7, 11) is 1.33. The number of aromatic nitrogens is 3. The second-order valence-electron chi connectivity index (χ2n) is 14.4. The van der Waals surface area contributed by atoms with Crippen molar-refractivity contribution in [2.45, 2.75) is 96.6 Å². The lowest BCUT2D eigenvalue weighted by Gasteiger charge is -2.32. The fraction of sp³-hybridized carbons (Fsp3) is 0.500. The van der Waals surface area contributed by atoms with Crippen molar-refractivity contribution in [3.8, 4) is 11.6 Å². The smallest absolute Gasteiger partial charge is 0.426 e. The summed E-state index contributed by atoms with van der Waals surface area (Å²) in [6.45, 7) is 14.9. The van der Waals surface area contributed by atoms with Gasteiger partial charge < -0.3 is 28.3 Å². The first-order valence-corrected chi connectivity index (χ1v) is 17.4. The average molecular weight is 800 g/mol. The summed E-state index contributed by atoms with van der Waals surface area (Å²) in [5.74, 6) is -2.78. The number of benzene rings is 1. The summed E-state index contributed by atoms with van der Waals surface area (Å²) >= 11 is 0. The Morgan fingerprint density at radius 2 is 1.45 bits per heavy atom. The molecule has 0 saturated carbocycles. The van der Waals surface area contributed by atoms with Crippen molar-refractivity contribution in [2.75, 3.05) is 36.6 Å². The second-order valence-corrected chi connectivity index (χ2v) is 14.4. The topological polar surface area (TPSA) is 129 Å². The van der Waals surface area contributed by atoms with Crippen LogP contribution in [0.5, 0.6) is 0 Å². The molecule has 1 unspecified atom stereocenters. The van der Waals surface area contributed by atoms with Crippen molar-refractivity contribution in [3.63, 3.8) is 0 Å². The number of amides is 2. The Morgan fingerprint density at radius 1 is 0.857 bits per heavy atom. The maximum absolute atomic E-state index is 15.2. The summed E-state index contributed by atoms with van der Waals surface area (Å²) in [5.41, 5.74) is -8.65. The van der Waals surface area contributed by atoms with E-state index in [0.717, 1.165) is 0 Å². The van der Waals surface area contributed by atoms with Crippen LogP contribution < -0.4 is 9.80 Å². The molecule has 0 aliphatic heterocycles. The number of alkyl halides is 6. The van der Waals surface area contributed by atoms with Gasteiger partial charge in [-0.05, 0) is 72.4 Å². The van der Waals surface area contributed by atoms with Crippen LogP contribution in [0.15, 0.2) is 66.1 Å². The molecule has 18 heteroatoms. The van der Waals surface area contributed by atoms with Crippen LogP contribution in [0.3, 0.4) is 0 Å². The van der Waals surface area contributed by atoms with E-state index in [0.29, 0.717) is 11.6 Å². The van der Waals surface area contributed by atoms with Crippen molar-refractivity contribution in [1.29, 1.82) is 0 Å². The molecule has 12 nitrogen and oxygen atoms in total. The molecule has 308 valence electrons. The Bertz CT molecular complexity index is 1780. The number of rotatable bonds is 16. The van der Waals surface area contributed by atoms with Crippen LogP contribution in [0.4, 0.5) is 47.4 Å². The van der Waals surface area contributed by atoms with Crippen LogP contribution >= 0.6 is 0 Å². The molecule has 0 bridgehead atoms. The molecule has 0 fully saturated rings. The Kier molecular flexibility index (Phi) is 14.9. The maximum Gasteiger partial charge on any atom is 0.426 e. The predicted octanol–water partition coefficient (Wildman–Crippen LogP) is 9.80. The summed E-state index contributed by atoms with van der Waals surface area (Å²) in [6.07, 6.45) is -11.6. The lowest BCUT2D eigenvalue weighted by atomic mass is 9.96. The molecule has 3 aromatic rings. The molecule has 3 rings (SSSR count). The fourth-order valence-electron chi connectivity index (χ4n) is 5.08. The number of hydrogen-bond acceptors (Lipinski definition) is 11. The largest absolute Gasteiger partial charge is 0.443 e. The van der Waals surface area contributed by atoms with Crippen molar-refractivity contribution in [2.24, 2.45) is 0 Å². The molecular weight excluding hydrogens is 752 g/mol. The zero-order valence-corrected chi connectivity index (χ0v) is 32.3. The lowest BCUT2D eigenvalue weighted by Crippen LogP contribution is -2.45. The van der Waals surface area contributed by atoms with E-state index < -0.39 is 88.9 Å². The van der Waals surface area contributed by atoms with Crippen LogP contribution in [-0.2, 0) is 37.3 Å². The number of hydrogen-bond donors (Lipinski definition) is 0. The van der Waals surface area contributed by atoms with E-state index in [2.05, 4.69) is 28.3 Å². The SMILES string of the molecule is C=CCCN(CCOC)c1nc(-c2nnc(C(CCC=C)(OCc3ccccc3)C(F)(F)F)o2)c(N(C(=O)OC(C)(C)C)C(=O)OC(C)(C)C)cc1C(F)(F)F. The predicted molar refractivity (Wildman–Crippen MR) is 195 cm³/mol. The van der Waals surface area contributed by atoms with Gasteiger partial charge in [-0.3, -0.25) is 0 Å². The summed E-state index contributed by atoms with van der Waals surface area (Å²) in [4.78, 5) is 33.1. The molecular formula is C38H47F6N5O7. The van der Waals surface area contributed by atoms with E-state index in [1.54, 1.807) is 18.2 Å². The monoisotopic (exact) mass is 799 g/mol. The standard InChI is InChI=1S/C38H47F6N5O7/c1-10-12-19-36(38(42,43)44,53-24-25-17-15-14-16-18-25)31-47-46-30(54-31)28-27(49(32(50)55-34(3,4)5)33(51)56-35(6,7)8)23-26(37(39,40)41)29(45-28)48(20-13-11-2)21-22-52-9/h10-11,14-18,23H,1-2,12-13,19-22,24H2,3-9H3. The zero-order valence-electron chi connectivity index (χ0n) is 32.3. The molecule has 56 heavy (non-hydrogen) atoms. The Labute approximate surface area is 321 Å². The third-order valence-electron chi connectivity index (χ3n) is 7.61. The van der Waals surface area contributed by atoms with E-state index in [-0.39, 0.29) is 37.4 Å². The zero-order chi connectivity index (χ0) is 42.1. The van der Waals surface area contributed by atoms with E-state index >= 15 is 26.3 Å². The van der Waals surface area contributed by atoms with Gasteiger partial charge in [0.2, 0.25) is 5.60 Å². The number of pyridine rings is 1. The first-order chi connectivity index (χ1) is 26.0. The van der Waals surface area contributed by atoms with Crippen LogP contribution in [-0.4, -0.2) is 71.6 Å². The molecule has 0 aliphatic rings. The van der Waals surface area contributed by atoms with Gasteiger partial charge in [-0.15, -0.1) is 23.4 Å². The molecule has 0 spiro atoms. The van der Waals surface area contributed by atoms with Gasteiger partial charge in [-0.1, -0.05) is 42.5 Å². The quantitative estimate of drug-likeness (QED) is 0.101. The minimum atomic E-state index is -5.20. The van der Waals surface area contributed by atoms with Crippen molar-refractivity contribution in [1.82, 2.24) is 15.2 Å². The highest BCUT2D eigenvalue weighted by Crippen LogP contribution is 2.48. The van der Waals surface area contributed by atoms with Gasteiger partial charge in [0.05, 0.1) is 18.9 Å². The van der Waals surface area contributed by atoms with Crippen molar-refractivity contribution < 1.29 is 59.3 Å². The van der Waals surface area contributed by atoms with Crippen LogP contribution in [0.1, 0.15) is 77.8 Å². The molecule has 0 saturated heterocycles. The highest BCUT2D eigenvalue weighted by Gasteiger charge is 2.61. The van der Waals surface area contributed by atoms with Crippen molar-refractivity contribution >= 4 is 23.7 Å². The van der Waals surface area contributed by atoms with Crippen LogP contribution in [0.2, 0.25) is 0 Å². The van der Waals surface area contributed by atoms with Gasteiger partial charge in [0.15, 0.2) is 5.69 Å². The number of allylic oxidation sites excluding steroid dienone is 1. The van der Waals surface area contributed by atoms with Crippen molar-refractivity contribution in [3.05, 3.63) is 78.7 Å². The number of ether oxygens (including phenoxy) is 4. The molecule has 1 aromatic carbocycles. The number of nitrogens with zero attached hydrogens (tertiary/aromatic N) is 5. The summed E-state index contributed by atoms with van der Waals surface area (Å²) in [5, 5.41) is 7.49. The molecule has 0 N–H and O–H groups in total. The normalized spacial score (nSPS) is 13.4. The Balaban J connectivity index is 2.49. The lowest BCUT2D eigenvalue weighted by molar-refractivity contribution is -0.299. The van der Waals surface area contributed by atoms with Crippen LogP contribution in [0, 0.1) is 0 Å². The minimum absolute atomic E-state index is 0.0734. The summed E-state index contributed by atoms with van der Waals surface area (Å²) in [6, 6.07) is 8.36. The molecule has 0 aliphatic carbocycles. The number of anilines is 2. The third-order valence-corrected chi connectivity index (χ3v) is 7.61. The van der Waals surface area contributed by atoms with Gasteiger partial charge in [-0.2, -0.15) is 31.2 Å².